The van der Waals surface area contributed by atoms with Crippen molar-refractivity contribution in [3.63, 3.8) is 0 Å². The molecule has 266 valence electrons. The summed E-state index contributed by atoms with van der Waals surface area (Å²) in [6.07, 6.45) is -6.34. The highest BCUT2D eigenvalue weighted by atomic mass is 35.5. The molecule has 0 bridgehead atoms. The van der Waals surface area contributed by atoms with Crippen molar-refractivity contribution in [2.75, 3.05) is 39.2 Å². The fourth-order valence-corrected chi connectivity index (χ4v) is 8.25. The second-order valence-electron chi connectivity index (χ2n) is 11.8. The van der Waals surface area contributed by atoms with Gasteiger partial charge in [0.15, 0.2) is 11.3 Å². The third-order valence-electron chi connectivity index (χ3n) is 8.57. The number of carbonyl (C=O) groups excluding carboxylic acids is 2. The third kappa shape index (κ3) is 6.30. The molecule has 0 radical (unpaired) electrons. The average Bonchev–Trinajstić information content (AvgIpc) is 3.56. The van der Waals surface area contributed by atoms with Gasteiger partial charge in [-0.3, -0.25) is 14.5 Å². The van der Waals surface area contributed by atoms with Gasteiger partial charge < -0.3 is 24.2 Å². The number of halogens is 4. The van der Waals surface area contributed by atoms with Gasteiger partial charge in [0.1, 0.15) is 16.4 Å². The van der Waals surface area contributed by atoms with Crippen LogP contribution < -0.4 is 18.5 Å². The summed E-state index contributed by atoms with van der Waals surface area (Å²) in [5.41, 5.74) is -2.01. The summed E-state index contributed by atoms with van der Waals surface area (Å²) in [4.78, 5) is 30.8. The minimum atomic E-state index is -5.33. The summed E-state index contributed by atoms with van der Waals surface area (Å²) in [5, 5.41) is 20.4. The number of aliphatic hydroxyl groups is 1. The molecular formula is C33H32ClF3N4O8S. The number of nitrogens with zero attached hydrogens (tertiary/aromatic N) is 4. The zero-order valence-corrected chi connectivity index (χ0v) is 28.8. The Morgan fingerprint density at radius 1 is 1.08 bits per heavy atom. The molecule has 3 aromatic carbocycles. The smallest absolute Gasteiger partial charge is 0.497 e. The fourth-order valence-electron chi connectivity index (χ4n) is 6.52. The second kappa shape index (κ2) is 13.6. The van der Waals surface area contributed by atoms with E-state index in [0.29, 0.717) is 9.87 Å². The van der Waals surface area contributed by atoms with Crippen molar-refractivity contribution in [1.29, 1.82) is 5.26 Å². The number of likely N-dealkylation sites (tertiary alicyclic amines) is 1. The SMILES string of the molecule is COc1ccc(S(=O)(=O)N2C(=O)C(c3cc(CCC#N)ccc3OC)(N3C[C@H](O)C[C@H]3C(=O)N(C)C)c3cc(Cl)ccc32)c(OC(F)(F)F)c1. The first-order valence-corrected chi connectivity index (χ1v) is 16.9. The number of rotatable bonds is 10. The number of hydrogen-bond donors (Lipinski definition) is 1. The molecular weight excluding hydrogens is 705 g/mol. The van der Waals surface area contributed by atoms with Crippen LogP contribution in [0.3, 0.4) is 0 Å². The number of hydrogen-bond acceptors (Lipinski definition) is 10. The first kappa shape index (κ1) is 36.7. The predicted octanol–water partition coefficient (Wildman–Crippen LogP) is 4.21. The van der Waals surface area contributed by atoms with Crippen molar-refractivity contribution >= 4 is 39.1 Å². The van der Waals surface area contributed by atoms with Gasteiger partial charge in [-0.15, -0.1) is 13.2 Å². The van der Waals surface area contributed by atoms with Crippen molar-refractivity contribution in [1.82, 2.24) is 9.80 Å². The number of methoxy groups -OCH3 is 2. The number of β-amino-alcohol motifs (C(OH)–C–C–N with tert-alkyl or cyclic N) is 1. The fraction of sp³-hybridized carbons (Fsp3) is 0.364. The maximum absolute atomic E-state index is 15.4. The molecule has 5 rings (SSSR count). The van der Waals surface area contributed by atoms with Crippen LogP contribution in [0, 0.1) is 11.3 Å². The molecule has 1 fully saturated rings. The second-order valence-corrected chi connectivity index (χ2v) is 14.0. The van der Waals surface area contributed by atoms with E-state index in [-0.39, 0.29) is 59.1 Å². The number of anilines is 1. The monoisotopic (exact) mass is 736 g/mol. The van der Waals surface area contributed by atoms with Crippen molar-refractivity contribution in [2.45, 2.75) is 48.2 Å². The minimum Gasteiger partial charge on any atom is -0.497 e. The first-order chi connectivity index (χ1) is 23.5. The molecule has 17 heteroatoms. The van der Waals surface area contributed by atoms with Crippen LogP contribution in [0.15, 0.2) is 59.5 Å². The summed E-state index contributed by atoms with van der Waals surface area (Å²) < 4.78 is 85.3. The van der Waals surface area contributed by atoms with Crippen molar-refractivity contribution < 1.29 is 50.5 Å². The van der Waals surface area contributed by atoms with Gasteiger partial charge in [0, 0.05) is 49.3 Å². The van der Waals surface area contributed by atoms with E-state index >= 15 is 4.79 Å². The molecule has 0 aromatic heterocycles. The van der Waals surface area contributed by atoms with Crippen LogP contribution in [0.5, 0.6) is 17.2 Å². The van der Waals surface area contributed by atoms with Crippen molar-refractivity contribution in [2.24, 2.45) is 0 Å². The molecule has 1 saturated heterocycles. The highest BCUT2D eigenvalue weighted by Crippen LogP contribution is 2.55. The van der Waals surface area contributed by atoms with Crippen LogP contribution in [0.25, 0.3) is 0 Å². The molecule has 2 amide bonds. The zero-order chi connectivity index (χ0) is 36.8. The summed E-state index contributed by atoms with van der Waals surface area (Å²) in [6.45, 7) is -0.313. The molecule has 2 aliphatic heterocycles. The van der Waals surface area contributed by atoms with E-state index in [4.69, 9.17) is 21.1 Å². The van der Waals surface area contributed by atoms with Gasteiger partial charge in [0.05, 0.1) is 38.1 Å². The van der Waals surface area contributed by atoms with Crippen molar-refractivity contribution in [3.05, 3.63) is 76.3 Å². The summed E-state index contributed by atoms with van der Waals surface area (Å²) >= 11 is 6.51. The Morgan fingerprint density at radius 2 is 1.80 bits per heavy atom. The van der Waals surface area contributed by atoms with Gasteiger partial charge in [0.25, 0.3) is 15.9 Å². The van der Waals surface area contributed by atoms with Crippen LogP contribution >= 0.6 is 11.6 Å². The number of ether oxygens (including phenoxy) is 3. The lowest BCUT2D eigenvalue weighted by Crippen LogP contribution is -2.59. The topological polar surface area (TPSA) is 150 Å². The standard InChI is InChI=1S/C33H32ClF3N4O8S/c1-39(2)30(43)26-16-21(42)18-40(26)32(24-14-19(6-5-13-38)7-11-27(24)48-4)23-15-20(34)8-10-25(23)41(31(32)44)50(45,46)29-12-9-22(47-3)17-28(29)49-33(35,36)37/h7-12,14-15,17,21,26,42H,5-6,16,18H2,1-4H3/t21-,26+,32?/m1/s1. The van der Waals surface area contributed by atoms with Gasteiger partial charge in [-0.2, -0.15) is 5.26 Å². The Labute approximate surface area is 291 Å². The van der Waals surface area contributed by atoms with Crippen LogP contribution in [0.4, 0.5) is 18.9 Å². The third-order valence-corrected chi connectivity index (χ3v) is 10.5. The van der Waals surface area contributed by atoms with Gasteiger partial charge in [-0.25, -0.2) is 12.7 Å². The molecule has 2 aliphatic rings. The van der Waals surface area contributed by atoms with Crippen LogP contribution in [0.1, 0.15) is 29.5 Å². The molecule has 0 aliphatic carbocycles. The van der Waals surface area contributed by atoms with E-state index in [2.05, 4.69) is 4.74 Å². The quantitative estimate of drug-likeness (QED) is 0.321. The molecule has 3 atom stereocenters. The highest BCUT2D eigenvalue weighted by molar-refractivity contribution is 7.93. The zero-order valence-electron chi connectivity index (χ0n) is 27.2. The average molecular weight is 737 g/mol. The van der Waals surface area contributed by atoms with Crippen LogP contribution in [-0.2, 0) is 31.6 Å². The largest absolute Gasteiger partial charge is 0.573 e. The number of aryl methyl sites for hydroxylation is 1. The molecule has 0 spiro atoms. The Kier molecular flexibility index (Phi) is 10.0. The number of aliphatic hydroxyl groups excluding tert-OH is 1. The lowest BCUT2D eigenvalue weighted by atomic mass is 9.80. The Hall–Kier alpha value is -4.56. The van der Waals surface area contributed by atoms with Crippen LogP contribution in [0.2, 0.25) is 5.02 Å². The lowest BCUT2D eigenvalue weighted by molar-refractivity contribution is -0.275. The number of carbonyl (C=O) groups is 2. The molecule has 3 aromatic rings. The summed E-state index contributed by atoms with van der Waals surface area (Å²) in [5.74, 6) is -2.98. The van der Waals surface area contributed by atoms with Gasteiger partial charge in [-0.05, 0) is 60.9 Å². The van der Waals surface area contributed by atoms with E-state index < -0.39 is 56.5 Å². The van der Waals surface area contributed by atoms with E-state index in [9.17, 15) is 36.8 Å². The summed E-state index contributed by atoms with van der Waals surface area (Å²) in [7, 11) is 0.157. The molecule has 1 unspecified atom stereocenters. The van der Waals surface area contributed by atoms with E-state index in [0.717, 1.165) is 25.3 Å². The van der Waals surface area contributed by atoms with E-state index in [1.807, 2.05) is 6.07 Å². The van der Waals surface area contributed by atoms with E-state index in [1.54, 1.807) is 12.1 Å². The van der Waals surface area contributed by atoms with Gasteiger partial charge in [-0.1, -0.05) is 17.7 Å². The number of amides is 2. The first-order valence-electron chi connectivity index (χ1n) is 15.0. The maximum Gasteiger partial charge on any atom is 0.573 e. The Balaban J connectivity index is 1.88. The highest BCUT2D eigenvalue weighted by Gasteiger charge is 2.64. The maximum atomic E-state index is 15.4. The number of alkyl halides is 3. The van der Waals surface area contributed by atoms with Crippen molar-refractivity contribution in [3.8, 4) is 23.3 Å². The van der Waals surface area contributed by atoms with Crippen LogP contribution in [-0.4, -0.2) is 88.5 Å². The Morgan fingerprint density at radius 3 is 2.42 bits per heavy atom. The molecule has 50 heavy (non-hydrogen) atoms. The Bertz CT molecular complexity index is 1990. The number of benzene rings is 3. The van der Waals surface area contributed by atoms with Gasteiger partial charge in [0.2, 0.25) is 5.91 Å². The number of sulfonamides is 1. The molecule has 12 nitrogen and oxygen atoms in total. The molecule has 1 N–H and O–H groups in total. The minimum absolute atomic E-state index is 0.0493. The van der Waals surface area contributed by atoms with E-state index in [1.165, 1.54) is 55.3 Å². The predicted molar refractivity (Wildman–Crippen MR) is 173 cm³/mol. The number of nitriles is 1. The lowest BCUT2D eigenvalue weighted by Gasteiger charge is -2.42. The van der Waals surface area contributed by atoms with Gasteiger partial charge >= 0.3 is 6.36 Å². The number of likely N-dealkylation sites (N-methyl/N-ethyl adjacent to an activating group) is 1. The summed E-state index contributed by atoms with van der Waals surface area (Å²) in [6, 6.07) is 12.1. The molecule has 2 heterocycles. The molecule has 0 saturated carbocycles. The number of fused-ring (bicyclic) bond motifs is 1. The normalized spacial score (nSPS) is 20.7.